The van der Waals surface area contributed by atoms with E-state index in [0.29, 0.717) is 5.82 Å². The lowest BCUT2D eigenvalue weighted by atomic mass is 10.1. The second-order valence-corrected chi connectivity index (χ2v) is 4.84. The van der Waals surface area contributed by atoms with Gasteiger partial charge in [0.1, 0.15) is 18.0 Å². The highest BCUT2D eigenvalue weighted by molar-refractivity contribution is 5.89. The average molecular weight is 287 g/mol. The summed E-state index contributed by atoms with van der Waals surface area (Å²) in [4.78, 5) is 19.1. The van der Waals surface area contributed by atoms with Gasteiger partial charge in [0, 0.05) is 17.1 Å². The molecule has 108 valence electrons. The number of H-pyrrole nitrogens is 2. The number of amides is 1. The first kappa shape index (κ1) is 13.3. The van der Waals surface area contributed by atoms with Gasteiger partial charge in [-0.25, -0.2) is 9.37 Å². The summed E-state index contributed by atoms with van der Waals surface area (Å²) in [5, 5.41) is 9.99. The molecule has 3 aromatic rings. The van der Waals surface area contributed by atoms with E-state index in [1.165, 1.54) is 18.5 Å². The highest BCUT2D eigenvalue weighted by Gasteiger charge is 2.14. The predicted molar refractivity (Wildman–Crippen MR) is 74.9 cm³/mol. The van der Waals surface area contributed by atoms with Crippen LogP contribution in [0.4, 0.5) is 4.39 Å². The topological polar surface area (TPSA) is 86.5 Å². The second kappa shape index (κ2) is 5.35. The van der Waals surface area contributed by atoms with Gasteiger partial charge >= 0.3 is 0 Å². The van der Waals surface area contributed by atoms with E-state index >= 15 is 0 Å². The van der Waals surface area contributed by atoms with Crippen molar-refractivity contribution in [1.29, 1.82) is 0 Å². The summed E-state index contributed by atoms with van der Waals surface area (Å²) in [6.07, 6.45) is 3.28. The molecule has 1 unspecified atom stereocenters. The molecule has 3 rings (SSSR count). The number of nitrogens with zero attached hydrogens (tertiary/aromatic N) is 2. The Labute approximate surface area is 119 Å². The number of aromatic nitrogens is 4. The Balaban J connectivity index is 1.73. The first-order chi connectivity index (χ1) is 10.1. The van der Waals surface area contributed by atoms with Crippen LogP contribution in [0.3, 0.4) is 0 Å². The van der Waals surface area contributed by atoms with Gasteiger partial charge in [0.15, 0.2) is 0 Å². The molecule has 1 amide bonds. The summed E-state index contributed by atoms with van der Waals surface area (Å²) >= 11 is 0. The molecular formula is C14H14FN5O. The van der Waals surface area contributed by atoms with Crippen LogP contribution < -0.4 is 5.32 Å². The third kappa shape index (κ3) is 2.76. The third-order valence-corrected chi connectivity index (χ3v) is 3.30. The van der Waals surface area contributed by atoms with Gasteiger partial charge in [-0.2, -0.15) is 5.10 Å². The van der Waals surface area contributed by atoms with Crippen molar-refractivity contribution in [2.75, 3.05) is 0 Å². The largest absolute Gasteiger partial charge is 0.361 e. The quantitative estimate of drug-likeness (QED) is 0.684. The smallest absolute Gasteiger partial charge is 0.225 e. The number of carbonyl (C=O) groups excluding carboxylic acids is 1. The molecular weight excluding hydrogens is 273 g/mol. The van der Waals surface area contributed by atoms with E-state index in [0.717, 1.165) is 16.5 Å². The molecule has 1 aromatic carbocycles. The van der Waals surface area contributed by atoms with Crippen LogP contribution in [-0.4, -0.2) is 26.1 Å². The van der Waals surface area contributed by atoms with Crippen molar-refractivity contribution >= 4 is 16.8 Å². The predicted octanol–water partition coefficient (Wildman–Crippen LogP) is 1.84. The van der Waals surface area contributed by atoms with Gasteiger partial charge in [-0.3, -0.25) is 9.89 Å². The summed E-state index contributed by atoms with van der Waals surface area (Å²) in [7, 11) is 0. The number of hydrogen-bond acceptors (Lipinski definition) is 3. The normalized spacial score (nSPS) is 12.5. The first-order valence-corrected chi connectivity index (χ1v) is 6.53. The molecule has 1 atom stereocenters. The standard InChI is InChI=1S/C14H14FN5O/c1-8(14-17-7-18-20-14)19-13(21)4-9-6-16-12-3-2-10(15)5-11(9)12/h2-3,5-8,16H,4H2,1H3,(H,19,21)(H,17,18,20). The van der Waals surface area contributed by atoms with Gasteiger partial charge in [-0.1, -0.05) is 0 Å². The number of nitrogens with one attached hydrogen (secondary N) is 3. The van der Waals surface area contributed by atoms with Gasteiger partial charge in [0.25, 0.3) is 0 Å². The fourth-order valence-corrected chi connectivity index (χ4v) is 2.25. The minimum absolute atomic E-state index is 0.163. The molecule has 21 heavy (non-hydrogen) atoms. The van der Waals surface area contributed by atoms with Gasteiger partial charge in [-0.05, 0) is 30.7 Å². The molecule has 0 radical (unpaired) electrons. The van der Waals surface area contributed by atoms with E-state index in [-0.39, 0.29) is 24.2 Å². The molecule has 0 fully saturated rings. The van der Waals surface area contributed by atoms with Crippen molar-refractivity contribution in [3.8, 4) is 0 Å². The Morgan fingerprint density at radius 3 is 3.10 bits per heavy atom. The maximum atomic E-state index is 13.3. The molecule has 7 heteroatoms. The Morgan fingerprint density at radius 1 is 1.48 bits per heavy atom. The van der Waals surface area contributed by atoms with Crippen LogP contribution in [-0.2, 0) is 11.2 Å². The number of halogens is 1. The summed E-state index contributed by atoms with van der Waals surface area (Å²) in [6.45, 7) is 1.81. The molecule has 0 spiro atoms. The van der Waals surface area contributed by atoms with E-state index in [4.69, 9.17) is 0 Å². The molecule has 0 saturated carbocycles. The number of hydrogen-bond donors (Lipinski definition) is 3. The number of rotatable bonds is 4. The van der Waals surface area contributed by atoms with Crippen molar-refractivity contribution in [2.24, 2.45) is 0 Å². The summed E-state index contributed by atoms with van der Waals surface area (Å²) in [5.41, 5.74) is 1.56. The number of carbonyl (C=O) groups is 1. The molecule has 3 N–H and O–H groups in total. The van der Waals surface area contributed by atoms with Crippen molar-refractivity contribution < 1.29 is 9.18 Å². The Kier molecular flexibility index (Phi) is 3.39. The summed E-state index contributed by atoms with van der Waals surface area (Å²) < 4.78 is 13.3. The van der Waals surface area contributed by atoms with Crippen molar-refractivity contribution in [3.63, 3.8) is 0 Å². The fourth-order valence-electron chi connectivity index (χ4n) is 2.25. The number of benzene rings is 1. The average Bonchev–Trinajstić information content (AvgIpc) is 3.09. The van der Waals surface area contributed by atoms with E-state index in [1.807, 2.05) is 6.92 Å². The molecule has 0 aliphatic heterocycles. The van der Waals surface area contributed by atoms with Crippen molar-refractivity contribution in [1.82, 2.24) is 25.5 Å². The van der Waals surface area contributed by atoms with Gasteiger partial charge in [-0.15, -0.1) is 0 Å². The van der Waals surface area contributed by atoms with Gasteiger partial charge in [0.2, 0.25) is 5.91 Å². The molecule has 0 saturated heterocycles. The maximum absolute atomic E-state index is 13.3. The van der Waals surface area contributed by atoms with Gasteiger partial charge in [0.05, 0.1) is 12.5 Å². The van der Waals surface area contributed by atoms with E-state index < -0.39 is 0 Å². The highest BCUT2D eigenvalue weighted by atomic mass is 19.1. The molecule has 0 bridgehead atoms. The summed E-state index contributed by atoms with van der Waals surface area (Å²) in [6, 6.07) is 4.20. The summed E-state index contributed by atoms with van der Waals surface area (Å²) in [5.74, 6) is 0.108. The molecule has 6 nitrogen and oxygen atoms in total. The third-order valence-electron chi connectivity index (χ3n) is 3.30. The van der Waals surface area contributed by atoms with Crippen LogP contribution in [0, 0.1) is 5.82 Å². The van der Waals surface area contributed by atoms with Crippen LogP contribution in [0.15, 0.2) is 30.7 Å². The van der Waals surface area contributed by atoms with Crippen molar-refractivity contribution in [2.45, 2.75) is 19.4 Å². The lowest BCUT2D eigenvalue weighted by molar-refractivity contribution is -0.121. The SMILES string of the molecule is CC(NC(=O)Cc1c[nH]c2ccc(F)cc12)c1ncn[nH]1. The lowest BCUT2D eigenvalue weighted by Crippen LogP contribution is -2.28. The van der Waals surface area contributed by atoms with E-state index in [9.17, 15) is 9.18 Å². The van der Waals surface area contributed by atoms with E-state index in [2.05, 4.69) is 25.5 Å². The van der Waals surface area contributed by atoms with Crippen LogP contribution >= 0.6 is 0 Å². The monoisotopic (exact) mass is 287 g/mol. The molecule has 2 aromatic heterocycles. The minimum Gasteiger partial charge on any atom is -0.361 e. The molecule has 0 aliphatic carbocycles. The second-order valence-electron chi connectivity index (χ2n) is 4.84. The number of fused-ring (bicyclic) bond motifs is 1. The van der Waals surface area contributed by atoms with Crippen LogP contribution in [0.5, 0.6) is 0 Å². The Morgan fingerprint density at radius 2 is 2.33 bits per heavy atom. The zero-order valence-corrected chi connectivity index (χ0v) is 11.4. The fraction of sp³-hybridized carbons (Fsp3) is 0.214. The molecule has 2 heterocycles. The highest BCUT2D eigenvalue weighted by Crippen LogP contribution is 2.20. The Bertz CT molecular complexity index is 765. The first-order valence-electron chi connectivity index (χ1n) is 6.53. The van der Waals surface area contributed by atoms with Crippen LogP contribution in [0.2, 0.25) is 0 Å². The maximum Gasteiger partial charge on any atom is 0.225 e. The molecule has 0 aliphatic rings. The number of aromatic amines is 2. The van der Waals surface area contributed by atoms with Gasteiger partial charge < -0.3 is 10.3 Å². The van der Waals surface area contributed by atoms with Crippen LogP contribution in [0.1, 0.15) is 24.4 Å². The minimum atomic E-state index is -0.321. The zero-order chi connectivity index (χ0) is 14.8. The van der Waals surface area contributed by atoms with Crippen LogP contribution in [0.25, 0.3) is 10.9 Å². The lowest BCUT2D eigenvalue weighted by Gasteiger charge is -2.10. The van der Waals surface area contributed by atoms with E-state index in [1.54, 1.807) is 12.3 Å². The zero-order valence-electron chi connectivity index (χ0n) is 11.4. The van der Waals surface area contributed by atoms with Crippen molar-refractivity contribution in [3.05, 3.63) is 47.9 Å². The Hall–Kier alpha value is -2.70.